The fraction of sp³-hybridized carbons (Fsp3) is 0.684. The third-order valence-corrected chi connectivity index (χ3v) is 13.4. The summed E-state index contributed by atoms with van der Waals surface area (Å²) in [5.41, 5.74) is 2.68. The van der Waals surface area contributed by atoms with Crippen LogP contribution in [0, 0.1) is 12.3 Å². The molecule has 1 heterocycles. The Morgan fingerprint density at radius 3 is 1.41 bits per heavy atom. The number of allylic oxidation sites excluding steroid dienone is 1. The molecule has 0 radical (unpaired) electrons. The fourth-order valence-electron chi connectivity index (χ4n) is 8.38. The quantitative estimate of drug-likeness (QED) is 0.0224. The van der Waals surface area contributed by atoms with Crippen LogP contribution in [0.5, 0.6) is 0 Å². The van der Waals surface area contributed by atoms with Gasteiger partial charge in [-0.25, -0.2) is 0 Å². The highest BCUT2D eigenvalue weighted by molar-refractivity contribution is 7.99. The van der Waals surface area contributed by atoms with Crippen molar-refractivity contribution in [2.75, 3.05) is 37.7 Å². The maximum absolute atomic E-state index is 10.6. The number of rotatable bonds is 36. The van der Waals surface area contributed by atoms with Crippen molar-refractivity contribution in [3.05, 3.63) is 61.2 Å². The van der Waals surface area contributed by atoms with Crippen molar-refractivity contribution in [3.63, 3.8) is 0 Å². The zero-order valence-corrected chi connectivity index (χ0v) is 45.1. The smallest absolute Gasteiger partial charge is 0.302 e. The minimum absolute atomic E-state index is 0. The summed E-state index contributed by atoms with van der Waals surface area (Å²) in [5, 5.41) is 38.8. The van der Waals surface area contributed by atoms with E-state index < -0.39 is 36.4 Å². The topological polar surface area (TPSA) is 140 Å². The Labute approximate surface area is 430 Å². The molecule has 394 valence electrons. The molecule has 0 aromatic heterocycles. The van der Waals surface area contributed by atoms with Gasteiger partial charge in [0.1, 0.15) is 13.2 Å². The number of anilines is 2. The highest BCUT2D eigenvalue weighted by atomic mass is 35.5. The van der Waals surface area contributed by atoms with E-state index in [1.165, 1.54) is 118 Å². The number of carbonyl (C=O) groups excluding carboxylic acids is 2. The Morgan fingerprint density at radius 1 is 0.652 bits per heavy atom. The van der Waals surface area contributed by atoms with Crippen LogP contribution in [0.25, 0.3) is 0 Å². The molecule has 2 aromatic rings. The monoisotopic (exact) mass is 1000 g/mol. The van der Waals surface area contributed by atoms with Gasteiger partial charge in [0.2, 0.25) is 0 Å². The van der Waals surface area contributed by atoms with Gasteiger partial charge in [0.15, 0.2) is 0 Å². The summed E-state index contributed by atoms with van der Waals surface area (Å²) in [7, 11) is 0. The fourth-order valence-corrected chi connectivity index (χ4v) is 9.48. The van der Waals surface area contributed by atoms with E-state index >= 15 is 0 Å². The molecule has 0 bridgehead atoms. The first kappa shape index (κ1) is 65.9. The number of likely N-dealkylation sites (N-methyl/N-ethyl adjacent to an activating group) is 1. The summed E-state index contributed by atoms with van der Waals surface area (Å²) >= 11 is 1.88. The molecule has 0 spiro atoms. The van der Waals surface area contributed by atoms with Crippen molar-refractivity contribution in [2.45, 2.75) is 229 Å². The SMILES string of the molecule is C#CCCCCCCCCCCCC(O)CC(O)COC(C)=O.C=CCCCCCCCCCCCC(O)CC(O)COC(C)=O.CCN(CC)C(C)CN1c2ccccc2Sc2ccccc21.Cl. The summed E-state index contributed by atoms with van der Waals surface area (Å²) in [6, 6.07) is 18.0. The Balaban J connectivity index is 0.000000998. The minimum Gasteiger partial charge on any atom is -0.463 e. The number of fused-ring (bicyclic) bond motifs is 2. The molecule has 1 aliphatic heterocycles. The zero-order valence-electron chi connectivity index (χ0n) is 43.5. The normalized spacial score (nSPS) is 13.6. The second-order valence-corrected chi connectivity index (χ2v) is 19.5. The first-order valence-corrected chi connectivity index (χ1v) is 27.1. The number of esters is 2. The largest absolute Gasteiger partial charge is 0.463 e. The lowest BCUT2D eigenvalue weighted by atomic mass is 10.0. The molecule has 0 saturated heterocycles. The standard InChI is InChI=1S/C19H24N2S.C19H36O4.C19H34O4.ClH/c1-4-20(5-2)15(3)14-21-16-10-6-8-12-18(16)22-19-13-9-7-11-17(19)21;2*1-3-4-5-6-7-8-9-10-11-12-13-14-18(21)15-19(22)16-23-17(2)20;/h6-13,15H,4-5,14H2,1-3H3;3,18-19,21-22H,1,4-16H2,2H3;1,18-19,21-22H,4-16H2,2H3;1H. The van der Waals surface area contributed by atoms with Gasteiger partial charge in [0.25, 0.3) is 0 Å². The van der Waals surface area contributed by atoms with Crippen LogP contribution in [0.3, 0.4) is 0 Å². The zero-order chi connectivity index (χ0) is 50.2. The van der Waals surface area contributed by atoms with Gasteiger partial charge >= 0.3 is 11.9 Å². The number of hydrogen-bond acceptors (Lipinski definition) is 11. The highest BCUT2D eigenvalue weighted by Gasteiger charge is 2.25. The molecular weight excluding hydrogens is 908 g/mol. The van der Waals surface area contributed by atoms with E-state index in [0.717, 1.165) is 64.6 Å². The molecule has 0 saturated carbocycles. The number of unbranched alkanes of at least 4 members (excludes halogenated alkanes) is 18. The van der Waals surface area contributed by atoms with Crippen molar-refractivity contribution in [2.24, 2.45) is 0 Å². The van der Waals surface area contributed by atoms with Gasteiger partial charge in [-0.05, 0) is 76.4 Å². The lowest BCUT2D eigenvalue weighted by Crippen LogP contribution is -2.41. The number of ether oxygens (including phenoxy) is 2. The van der Waals surface area contributed by atoms with E-state index in [-0.39, 0.29) is 38.5 Å². The molecule has 0 amide bonds. The summed E-state index contributed by atoms with van der Waals surface area (Å²) < 4.78 is 9.42. The Morgan fingerprint density at radius 2 is 1.03 bits per heavy atom. The lowest BCUT2D eigenvalue weighted by Gasteiger charge is -2.37. The van der Waals surface area contributed by atoms with Gasteiger partial charge in [0, 0.05) is 55.5 Å². The van der Waals surface area contributed by atoms with Crippen LogP contribution in [0.4, 0.5) is 11.4 Å². The molecule has 0 fully saturated rings. The predicted molar refractivity (Wildman–Crippen MR) is 291 cm³/mol. The molecule has 2 aromatic carbocycles. The number of aliphatic hydroxyl groups is 4. The van der Waals surface area contributed by atoms with Gasteiger partial charge in [-0.15, -0.1) is 31.3 Å². The average molecular weight is 1000 g/mol. The number of terminal acetylenes is 1. The molecule has 3 rings (SSSR count). The van der Waals surface area contributed by atoms with Gasteiger partial charge in [0.05, 0.1) is 35.8 Å². The number of halogens is 1. The summed E-state index contributed by atoms with van der Waals surface area (Å²) in [6.45, 7) is 16.3. The maximum Gasteiger partial charge on any atom is 0.302 e. The van der Waals surface area contributed by atoms with Crippen LogP contribution in [-0.4, -0.2) is 101 Å². The van der Waals surface area contributed by atoms with E-state index in [9.17, 15) is 30.0 Å². The Kier molecular flexibility index (Phi) is 41.7. The number of hydrogen-bond donors (Lipinski definition) is 4. The van der Waals surface area contributed by atoms with Crippen molar-refractivity contribution in [3.8, 4) is 12.3 Å². The lowest BCUT2D eigenvalue weighted by molar-refractivity contribution is -0.145. The first-order valence-electron chi connectivity index (χ1n) is 26.3. The number of carbonyl (C=O) groups is 2. The third-order valence-electron chi connectivity index (χ3n) is 12.3. The highest BCUT2D eigenvalue weighted by Crippen LogP contribution is 2.47. The van der Waals surface area contributed by atoms with Gasteiger partial charge in [-0.2, -0.15) is 0 Å². The Hall–Kier alpha value is -3.08. The van der Waals surface area contributed by atoms with Gasteiger partial charge < -0.3 is 34.8 Å². The van der Waals surface area contributed by atoms with Gasteiger partial charge in [-0.3, -0.25) is 14.5 Å². The van der Waals surface area contributed by atoms with Crippen LogP contribution in [0.2, 0.25) is 0 Å². The number of aliphatic hydroxyl groups excluding tert-OH is 4. The van der Waals surface area contributed by atoms with Crippen LogP contribution in [0.15, 0.2) is 71.0 Å². The molecule has 1 aliphatic rings. The molecule has 69 heavy (non-hydrogen) atoms. The van der Waals surface area contributed by atoms with Crippen LogP contribution >= 0.6 is 24.2 Å². The van der Waals surface area contributed by atoms with Crippen molar-refractivity contribution >= 4 is 47.5 Å². The number of nitrogens with zero attached hydrogens (tertiary/aromatic N) is 2. The number of para-hydroxylation sites is 2. The second kappa shape index (κ2) is 43.7. The summed E-state index contributed by atoms with van der Waals surface area (Å²) in [5.74, 6) is 1.86. The van der Waals surface area contributed by atoms with E-state index in [4.69, 9.17) is 15.9 Å². The molecule has 10 nitrogen and oxygen atoms in total. The summed E-state index contributed by atoms with van der Waals surface area (Å²) in [4.78, 5) is 29.0. The van der Waals surface area contributed by atoms with Crippen molar-refractivity contribution < 1.29 is 39.5 Å². The second-order valence-electron chi connectivity index (χ2n) is 18.4. The third kappa shape index (κ3) is 34.0. The maximum atomic E-state index is 10.6. The van der Waals surface area contributed by atoms with Crippen molar-refractivity contribution in [1.82, 2.24) is 4.90 Å². The molecule has 4 N–H and O–H groups in total. The van der Waals surface area contributed by atoms with Crippen LogP contribution in [-0.2, 0) is 19.1 Å². The first-order chi connectivity index (χ1) is 32.9. The van der Waals surface area contributed by atoms with Crippen molar-refractivity contribution in [1.29, 1.82) is 0 Å². The molecule has 5 unspecified atom stereocenters. The minimum atomic E-state index is -0.775. The molecule has 5 atom stereocenters. The molecule has 0 aliphatic carbocycles. The van der Waals surface area contributed by atoms with Crippen LogP contribution < -0.4 is 4.90 Å². The molecular formula is C57H95ClN2O8S. The van der Waals surface area contributed by atoms with E-state index in [0.29, 0.717) is 18.9 Å². The summed E-state index contributed by atoms with van der Waals surface area (Å²) in [6.07, 6.45) is 30.5. The van der Waals surface area contributed by atoms with E-state index in [2.05, 4.69) is 91.6 Å². The average Bonchev–Trinajstić information content (AvgIpc) is 3.32. The van der Waals surface area contributed by atoms with Gasteiger partial charge in [-0.1, -0.05) is 159 Å². The van der Waals surface area contributed by atoms with E-state index in [1.54, 1.807) is 0 Å². The Bertz CT molecular complexity index is 1580. The number of benzene rings is 2. The van der Waals surface area contributed by atoms with E-state index in [1.807, 2.05) is 17.8 Å². The predicted octanol–water partition coefficient (Wildman–Crippen LogP) is 13.2. The molecule has 12 heteroatoms. The van der Waals surface area contributed by atoms with Crippen LogP contribution in [0.1, 0.15) is 189 Å².